The number of para-hydroxylation sites is 1. The number of nitrogens with zero attached hydrogens (tertiary/aromatic N) is 3. The zero-order valence-electron chi connectivity index (χ0n) is 13.9. The van der Waals surface area contributed by atoms with Crippen molar-refractivity contribution in [3.63, 3.8) is 0 Å². The first-order valence-corrected chi connectivity index (χ1v) is 8.44. The molecule has 1 amide bonds. The van der Waals surface area contributed by atoms with E-state index in [1.165, 1.54) is 4.68 Å². The number of anilines is 2. The highest BCUT2D eigenvalue weighted by Crippen LogP contribution is 2.28. The predicted molar refractivity (Wildman–Crippen MR) is 96.5 cm³/mol. The van der Waals surface area contributed by atoms with E-state index in [0.29, 0.717) is 17.1 Å². The van der Waals surface area contributed by atoms with Crippen molar-refractivity contribution in [2.24, 2.45) is 7.05 Å². The Bertz CT molecular complexity index is 757. The van der Waals surface area contributed by atoms with Gasteiger partial charge in [0.15, 0.2) is 0 Å². The Morgan fingerprint density at radius 2 is 2.17 bits per heavy atom. The number of hydrogen-bond donors (Lipinski definition) is 2. The number of carbonyl (C=O) groups is 1. The molecule has 128 valence electrons. The number of benzene rings is 1. The van der Waals surface area contributed by atoms with Crippen molar-refractivity contribution in [2.45, 2.75) is 25.8 Å². The van der Waals surface area contributed by atoms with Crippen LogP contribution in [-0.4, -0.2) is 34.8 Å². The maximum Gasteiger partial charge on any atom is 0.257 e. The first kappa shape index (κ1) is 16.6. The SMILES string of the molecule is Cc1nn(C)c(N)c1C(=O)NC1CCCN(c2ccccc2Cl)C1. The van der Waals surface area contributed by atoms with Crippen LogP contribution in [0.3, 0.4) is 0 Å². The van der Waals surface area contributed by atoms with Crippen LogP contribution in [0.15, 0.2) is 24.3 Å². The lowest BCUT2D eigenvalue weighted by Crippen LogP contribution is -2.48. The maximum absolute atomic E-state index is 12.6. The van der Waals surface area contributed by atoms with Crippen LogP contribution in [0.5, 0.6) is 0 Å². The third-order valence-corrected chi connectivity index (χ3v) is 4.76. The molecule has 24 heavy (non-hydrogen) atoms. The molecular weight excluding hydrogens is 326 g/mol. The molecule has 0 saturated carbocycles. The number of halogens is 1. The van der Waals surface area contributed by atoms with Crippen molar-refractivity contribution in [3.8, 4) is 0 Å². The fraction of sp³-hybridized carbons (Fsp3) is 0.412. The summed E-state index contributed by atoms with van der Waals surface area (Å²) in [4.78, 5) is 14.8. The van der Waals surface area contributed by atoms with Crippen LogP contribution in [0.1, 0.15) is 28.9 Å². The van der Waals surface area contributed by atoms with Gasteiger partial charge in [-0.05, 0) is 31.9 Å². The van der Waals surface area contributed by atoms with E-state index in [1.807, 2.05) is 24.3 Å². The highest BCUT2D eigenvalue weighted by atomic mass is 35.5. The second-order valence-electron chi connectivity index (χ2n) is 6.18. The third kappa shape index (κ3) is 3.19. The molecule has 1 aliphatic heterocycles. The van der Waals surface area contributed by atoms with Gasteiger partial charge >= 0.3 is 0 Å². The zero-order valence-corrected chi connectivity index (χ0v) is 14.7. The molecule has 3 rings (SSSR count). The van der Waals surface area contributed by atoms with E-state index in [2.05, 4.69) is 15.3 Å². The molecule has 1 aromatic heterocycles. The molecular formula is C17H22ClN5O. The average Bonchev–Trinajstić information content (AvgIpc) is 2.80. The van der Waals surface area contributed by atoms with Crippen molar-refractivity contribution >= 4 is 29.0 Å². The molecule has 0 radical (unpaired) electrons. The van der Waals surface area contributed by atoms with E-state index in [-0.39, 0.29) is 11.9 Å². The summed E-state index contributed by atoms with van der Waals surface area (Å²) in [6.45, 7) is 3.46. The van der Waals surface area contributed by atoms with E-state index in [1.54, 1.807) is 14.0 Å². The number of aryl methyl sites for hydroxylation is 2. The summed E-state index contributed by atoms with van der Waals surface area (Å²) < 4.78 is 1.53. The molecule has 6 nitrogen and oxygen atoms in total. The Kier molecular flexibility index (Phi) is 4.66. The Balaban J connectivity index is 1.72. The topological polar surface area (TPSA) is 76.2 Å². The Hall–Kier alpha value is -2.21. The normalized spacial score (nSPS) is 17.8. The van der Waals surface area contributed by atoms with Crippen molar-refractivity contribution in [1.29, 1.82) is 0 Å². The summed E-state index contributed by atoms with van der Waals surface area (Å²) in [5, 5.41) is 8.03. The number of amides is 1. The minimum Gasteiger partial charge on any atom is -0.383 e. The second kappa shape index (κ2) is 6.73. The van der Waals surface area contributed by atoms with Crippen molar-refractivity contribution in [3.05, 3.63) is 40.5 Å². The monoisotopic (exact) mass is 347 g/mol. The molecule has 1 fully saturated rings. The highest BCUT2D eigenvalue weighted by Gasteiger charge is 2.25. The van der Waals surface area contributed by atoms with E-state index in [9.17, 15) is 4.79 Å². The summed E-state index contributed by atoms with van der Waals surface area (Å²) >= 11 is 6.29. The minimum atomic E-state index is -0.163. The molecule has 3 N–H and O–H groups in total. The van der Waals surface area contributed by atoms with Gasteiger partial charge < -0.3 is 16.0 Å². The van der Waals surface area contributed by atoms with Gasteiger partial charge in [0.25, 0.3) is 5.91 Å². The first-order valence-electron chi connectivity index (χ1n) is 8.06. The predicted octanol–water partition coefficient (Wildman–Crippen LogP) is 2.36. The molecule has 2 aromatic rings. The molecule has 1 atom stereocenters. The van der Waals surface area contributed by atoms with Crippen LogP contribution >= 0.6 is 11.6 Å². The van der Waals surface area contributed by atoms with E-state index in [0.717, 1.165) is 36.6 Å². The zero-order chi connectivity index (χ0) is 17.3. The van der Waals surface area contributed by atoms with Crippen LogP contribution in [-0.2, 0) is 7.05 Å². The lowest BCUT2D eigenvalue weighted by Gasteiger charge is -2.35. The highest BCUT2D eigenvalue weighted by molar-refractivity contribution is 6.33. The quantitative estimate of drug-likeness (QED) is 0.893. The first-order chi connectivity index (χ1) is 11.5. The molecule has 1 saturated heterocycles. The van der Waals surface area contributed by atoms with Gasteiger partial charge in [-0.3, -0.25) is 9.48 Å². The molecule has 2 heterocycles. The summed E-state index contributed by atoms with van der Waals surface area (Å²) in [5.74, 6) is 0.230. The minimum absolute atomic E-state index is 0.0570. The van der Waals surface area contributed by atoms with Gasteiger partial charge in [0.05, 0.1) is 16.4 Å². The number of aromatic nitrogens is 2. The Labute approximate surface area is 146 Å². The number of nitrogens with two attached hydrogens (primary N) is 1. The number of carbonyl (C=O) groups excluding carboxylic acids is 1. The smallest absolute Gasteiger partial charge is 0.257 e. The molecule has 0 aliphatic carbocycles. The van der Waals surface area contributed by atoms with E-state index < -0.39 is 0 Å². The fourth-order valence-corrected chi connectivity index (χ4v) is 3.49. The summed E-state index contributed by atoms with van der Waals surface area (Å²) in [6.07, 6.45) is 1.93. The van der Waals surface area contributed by atoms with Gasteiger partial charge in [-0.2, -0.15) is 5.10 Å². The summed E-state index contributed by atoms with van der Waals surface area (Å²) in [6, 6.07) is 7.85. The van der Waals surface area contributed by atoms with Gasteiger partial charge in [-0.1, -0.05) is 23.7 Å². The Morgan fingerprint density at radius 1 is 1.42 bits per heavy atom. The Morgan fingerprint density at radius 3 is 2.83 bits per heavy atom. The van der Waals surface area contributed by atoms with Crippen LogP contribution in [0, 0.1) is 6.92 Å². The van der Waals surface area contributed by atoms with Crippen LogP contribution in [0.4, 0.5) is 11.5 Å². The van der Waals surface area contributed by atoms with Crippen molar-refractivity contribution in [2.75, 3.05) is 23.7 Å². The maximum atomic E-state index is 12.6. The van der Waals surface area contributed by atoms with Crippen molar-refractivity contribution in [1.82, 2.24) is 15.1 Å². The second-order valence-corrected chi connectivity index (χ2v) is 6.59. The standard InChI is InChI=1S/C17H22ClN5O/c1-11-15(16(19)22(2)21-11)17(24)20-12-6-5-9-23(10-12)14-8-4-3-7-13(14)18/h3-4,7-8,12H,5-6,9-10,19H2,1-2H3,(H,20,24). The lowest BCUT2D eigenvalue weighted by atomic mass is 10.0. The van der Waals surface area contributed by atoms with Crippen LogP contribution in [0.25, 0.3) is 0 Å². The third-order valence-electron chi connectivity index (χ3n) is 4.44. The van der Waals surface area contributed by atoms with Gasteiger partial charge in [-0.15, -0.1) is 0 Å². The summed E-state index contributed by atoms with van der Waals surface area (Å²) in [7, 11) is 1.73. The number of nitrogen functional groups attached to an aromatic ring is 1. The molecule has 7 heteroatoms. The van der Waals surface area contributed by atoms with Gasteiger partial charge in [-0.25, -0.2) is 0 Å². The molecule has 1 unspecified atom stereocenters. The molecule has 1 aliphatic rings. The fourth-order valence-electron chi connectivity index (χ4n) is 3.24. The number of nitrogens with one attached hydrogen (secondary N) is 1. The number of rotatable bonds is 3. The summed E-state index contributed by atoms with van der Waals surface area (Å²) in [5.41, 5.74) is 8.08. The van der Waals surface area contributed by atoms with Crippen LogP contribution < -0.4 is 16.0 Å². The average molecular weight is 348 g/mol. The number of hydrogen-bond acceptors (Lipinski definition) is 4. The van der Waals surface area contributed by atoms with Gasteiger partial charge in [0, 0.05) is 26.2 Å². The largest absolute Gasteiger partial charge is 0.383 e. The van der Waals surface area contributed by atoms with Gasteiger partial charge in [0.2, 0.25) is 0 Å². The van der Waals surface area contributed by atoms with Crippen molar-refractivity contribution < 1.29 is 4.79 Å². The molecule has 1 aromatic carbocycles. The van der Waals surface area contributed by atoms with Gasteiger partial charge in [0.1, 0.15) is 11.4 Å². The van der Waals surface area contributed by atoms with E-state index in [4.69, 9.17) is 17.3 Å². The number of piperidine rings is 1. The molecule has 0 spiro atoms. The van der Waals surface area contributed by atoms with E-state index >= 15 is 0 Å². The van der Waals surface area contributed by atoms with Crippen LogP contribution in [0.2, 0.25) is 5.02 Å². The lowest BCUT2D eigenvalue weighted by molar-refractivity contribution is 0.0933. The molecule has 0 bridgehead atoms.